The van der Waals surface area contributed by atoms with Gasteiger partial charge >= 0.3 is 0 Å². The largest absolute Gasteiger partial charge is 0.368 e. The molecule has 0 aliphatic carbocycles. The first kappa shape index (κ1) is 14.7. The van der Waals surface area contributed by atoms with Crippen LogP contribution in [0.4, 0.5) is 0 Å². The number of primary amides is 1. The highest BCUT2D eigenvalue weighted by Gasteiger charge is 2.24. The Hall–Kier alpha value is -1.36. The molecule has 2 N–H and O–H groups in total. The normalized spacial score (nSPS) is 11.9. The van der Waals surface area contributed by atoms with Crippen molar-refractivity contribution in [2.75, 3.05) is 7.05 Å². The highest BCUT2D eigenvalue weighted by Crippen LogP contribution is 2.14. The lowest BCUT2D eigenvalue weighted by atomic mass is 10.1. The number of likely N-dealkylation sites (N-methyl/N-ethyl adjacent to an activating group) is 1. The molecule has 1 unspecified atom stereocenters. The van der Waals surface area contributed by atoms with Gasteiger partial charge in [0, 0.05) is 17.1 Å². The molecule has 2 amide bonds. The average Bonchev–Trinajstić information content (AvgIpc) is 2.35. The van der Waals surface area contributed by atoms with E-state index >= 15 is 0 Å². The third kappa shape index (κ3) is 3.57. The molecule has 0 bridgehead atoms. The Morgan fingerprint density at radius 3 is 2.33 bits per heavy atom. The Balaban J connectivity index is 2.87. The molecule has 1 aromatic rings. The van der Waals surface area contributed by atoms with Crippen LogP contribution in [0.2, 0.25) is 0 Å². The number of amides is 2. The number of hydrogen-bond acceptors (Lipinski definition) is 2. The first-order valence-electron chi connectivity index (χ1n) is 5.79. The molecule has 0 saturated carbocycles. The minimum absolute atomic E-state index is 0.195. The van der Waals surface area contributed by atoms with Crippen LogP contribution in [0, 0.1) is 0 Å². The number of nitrogens with zero attached hydrogens (tertiary/aromatic N) is 1. The Bertz CT molecular complexity index is 431. The minimum atomic E-state index is -0.550. The Morgan fingerprint density at radius 2 is 1.89 bits per heavy atom. The van der Waals surface area contributed by atoms with Crippen LogP contribution >= 0.6 is 15.9 Å². The van der Waals surface area contributed by atoms with Gasteiger partial charge in [0.2, 0.25) is 5.91 Å². The van der Waals surface area contributed by atoms with Gasteiger partial charge in [0.15, 0.2) is 0 Å². The molecule has 98 valence electrons. The van der Waals surface area contributed by atoms with E-state index in [1.54, 1.807) is 31.3 Å². The lowest BCUT2D eigenvalue weighted by Gasteiger charge is -2.25. The molecule has 0 saturated heterocycles. The van der Waals surface area contributed by atoms with E-state index in [1.807, 2.05) is 6.92 Å². The number of benzene rings is 1. The second-order valence-electron chi connectivity index (χ2n) is 4.13. The number of halogens is 1. The first-order chi connectivity index (χ1) is 8.47. The van der Waals surface area contributed by atoms with Crippen molar-refractivity contribution < 1.29 is 9.59 Å². The first-order valence-corrected chi connectivity index (χ1v) is 6.58. The summed E-state index contributed by atoms with van der Waals surface area (Å²) >= 11 is 3.31. The number of carbonyl (C=O) groups is 2. The van der Waals surface area contributed by atoms with Crippen LogP contribution in [-0.4, -0.2) is 29.8 Å². The van der Waals surface area contributed by atoms with Gasteiger partial charge in [-0.15, -0.1) is 0 Å². The summed E-state index contributed by atoms with van der Waals surface area (Å²) in [5.74, 6) is -0.662. The molecule has 0 fully saturated rings. The maximum absolute atomic E-state index is 12.2. The third-order valence-electron chi connectivity index (χ3n) is 2.77. The lowest BCUT2D eigenvalue weighted by molar-refractivity contribution is -0.122. The quantitative estimate of drug-likeness (QED) is 0.905. The van der Waals surface area contributed by atoms with Gasteiger partial charge in [0.25, 0.3) is 5.91 Å². The van der Waals surface area contributed by atoms with E-state index in [2.05, 4.69) is 15.9 Å². The van der Waals surface area contributed by atoms with E-state index in [0.717, 1.165) is 10.9 Å². The van der Waals surface area contributed by atoms with Gasteiger partial charge in [0.05, 0.1) is 0 Å². The second kappa shape index (κ2) is 6.54. The molecule has 0 radical (unpaired) electrons. The SMILES string of the molecule is CCCC(C(N)=O)N(C)C(=O)c1ccc(Br)cc1. The van der Waals surface area contributed by atoms with Gasteiger partial charge in [-0.05, 0) is 30.7 Å². The fraction of sp³-hybridized carbons (Fsp3) is 0.385. The number of carbonyl (C=O) groups excluding carboxylic acids is 2. The zero-order chi connectivity index (χ0) is 13.7. The number of rotatable bonds is 5. The Kier molecular flexibility index (Phi) is 5.34. The van der Waals surface area contributed by atoms with Crippen molar-refractivity contribution in [3.63, 3.8) is 0 Å². The smallest absolute Gasteiger partial charge is 0.254 e. The van der Waals surface area contributed by atoms with Crippen molar-refractivity contribution in [2.45, 2.75) is 25.8 Å². The maximum atomic E-state index is 12.2. The molecular formula is C13H17BrN2O2. The summed E-state index contributed by atoms with van der Waals surface area (Å²) in [7, 11) is 1.61. The summed E-state index contributed by atoms with van der Waals surface area (Å²) < 4.78 is 0.904. The highest BCUT2D eigenvalue weighted by atomic mass is 79.9. The molecule has 4 nitrogen and oxygen atoms in total. The van der Waals surface area contributed by atoms with E-state index in [0.29, 0.717) is 12.0 Å². The van der Waals surface area contributed by atoms with E-state index < -0.39 is 11.9 Å². The Morgan fingerprint density at radius 1 is 1.33 bits per heavy atom. The number of nitrogens with two attached hydrogens (primary N) is 1. The number of hydrogen-bond donors (Lipinski definition) is 1. The molecule has 0 aromatic heterocycles. The van der Waals surface area contributed by atoms with Gasteiger partial charge in [-0.1, -0.05) is 29.3 Å². The third-order valence-corrected chi connectivity index (χ3v) is 3.30. The summed E-state index contributed by atoms with van der Waals surface area (Å²) in [4.78, 5) is 24.9. The summed E-state index contributed by atoms with van der Waals surface area (Å²) in [6, 6.07) is 6.46. The molecule has 0 heterocycles. The summed E-state index contributed by atoms with van der Waals surface area (Å²) in [6.07, 6.45) is 1.37. The zero-order valence-electron chi connectivity index (χ0n) is 10.5. The van der Waals surface area contributed by atoms with Crippen LogP contribution in [0.15, 0.2) is 28.7 Å². The Labute approximate surface area is 115 Å². The van der Waals surface area contributed by atoms with Gasteiger partial charge < -0.3 is 10.6 Å². The molecule has 18 heavy (non-hydrogen) atoms. The van der Waals surface area contributed by atoms with E-state index in [1.165, 1.54) is 4.90 Å². The van der Waals surface area contributed by atoms with Crippen molar-refractivity contribution >= 4 is 27.7 Å². The van der Waals surface area contributed by atoms with E-state index in [-0.39, 0.29) is 5.91 Å². The van der Waals surface area contributed by atoms with Crippen LogP contribution in [0.1, 0.15) is 30.1 Å². The van der Waals surface area contributed by atoms with Crippen molar-refractivity contribution in [2.24, 2.45) is 5.73 Å². The van der Waals surface area contributed by atoms with Crippen LogP contribution < -0.4 is 5.73 Å². The van der Waals surface area contributed by atoms with Crippen molar-refractivity contribution in [3.05, 3.63) is 34.3 Å². The molecule has 1 atom stereocenters. The van der Waals surface area contributed by atoms with Crippen LogP contribution in [0.3, 0.4) is 0 Å². The molecule has 0 spiro atoms. The second-order valence-corrected chi connectivity index (χ2v) is 5.05. The molecule has 1 rings (SSSR count). The van der Waals surface area contributed by atoms with E-state index in [9.17, 15) is 9.59 Å². The summed E-state index contributed by atoms with van der Waals surface area (Å²) in [6.45, 7) is 1.95. The van der Waals surface area contributed by atoms with E-state index in [4.69, 9.17) is 5.73 Å². The maximum Gasteiger partial charge on any atom is 0.254 e. The van der Waals surface area contributed by atoms with Crippen LogP contribution in [0.25, 0.3) is 0 Å². The van der Waals surface area contributed by atoms with Crippen molar-refractivity contribution in [1.29, 1.82) is 0 Å². The van der Waals surface area contributed by atoms with Crippen LogP contribution in [0.5, 0.6) is 0 Å². The monoisotopic (exact) mass is 312 g/mol. The predicted molar refractivity (Wildman–Crippen MR) is 74.1 cm³/mol. The fourth-order valence-electron chi connectivity index (χ4n) is 1.74. The standard InChI is InChI=1S/C13H17BrN2O2/c1-3-4-11(12(15)17)16(2)13(18)9-5-7-10(14)8-6-9/h5-8,11H,3-4H2,1-2H3,(H2,15,17). The summed E-state index contributed by atoms with van der Waals surface area (Å²) in [5.41, 5.74) is 5.87. The zero-order valence-corrected chi connectivity index (χ0v) is 12.1. The lowest BCUT2D eigenvalue weighted by Crippen LogP contribution is -2.45. The molecule has 5 heteroatoms. The van der Waals surface area contributed by atoms with Gasteiger partial charge in [-0.3, -0.25) is 9.59 Å². The predicted octanol–water partition coefficient (Wildman–Crippen LogP) is 2.18. The van der Waals surface area contributed by atoms with Crippen molar-refractivity contribution in [3.8, 4) is 0 Å². The van der Waals surface area contributed by atoms with Crippen LogP contribution in [-0.2, 0) is 4.79 Å². The topological polar surface area (TPSA) is 63.4 Å². The highest BCUT2D eigenvalue weighted by molar-refractivity contribution is 9.10. The summed E-state index contributed by atoms with van der Waals surface area (Å²) in [5, 5.41) is 0. The van der Waals surface area contributed by atoms with Gasteiger partial charge in [-0.2, -0.15) is 0 Å². The molecular weight excluding hydrogens is 296 g/mol. The van der Waals surface area contributed by atoms with Crippen molar-refractivity contribution in [1.82, 2.24) is 4.90 Å². The van der Waals surface area contributed by atoms with Gasteiger partial charge in [-0.25, -0.2) is 0 Å². The van der Waals surface area contributed by atoms with Gasteiger partial charge in [0.1, 0.15) is 6.04 Å². The minimum Gasteiger partial charge on any atom is -0.368 e. The fourth-order valence-corrected chi connectivity index (χ4v) is 2.00. The average molecular weight is 313 g/mol. The molecule has 0 aliphatic heterocycles. The molecule has 0 aliphatic rings. The molecule has 1 aromatic carbocycles.